The Kier molecular flexibility index (Phi) is 4.74. The number of benzene rings is 1. The van der Waals surface area contributed by atoms with Gasteiger partial charge in [-0.15, -0.1) is 0 Å². The summed E-state index contributed by atoms with van der Waals surface area (Å²) in [6.45, 7) is 4.24. The minimum Gasteiger partial charge on any atom is -0.448 e. The van der Waals surface area contributed by atoms with E-state index >= 15 is 0 Å². The predicted octanol–water partition coefficient (Wildman–Crippen LogP) is 2.32. The van der Waals surface area contributed by atoms with Crippen molar-refractivity contribution in [3.05, 3.63) is 35.6 Å². The van der Waals surface area contributed by atoms with Crippen molar-refractivity contribution in [1.29, 1.82) is 0 Å². The molecule has 1 aliphatic heterocycles. The van der Waals surface area contributed by atoms with Gasteiger partial charge in [-0.25, -0.2) is 9.18 Å². The highest BCUT2D eigenvalue weighted by Crippen LogP contribution is 2.19. The fourth-order valence-corrected chi connectivity index (χ4v) is 2.16. The predicted molar refractivity (Wildman–Crippen MR) is 70.4 cm³/mol. The lowest BCUT2D eigenvalue weighted by Gasteiger charge is -2.24. The molecule has 104 valence electrons. The molecule has 0 radical (unpaired) electrons. The van der Waals surface area contributed by atoms with Gasteiger partial charge < -0.3 is 15.0 Å². The van der Waals surface area contributed by atoms with Crippen molar-refractivity contribution in [3.8, 4) is 0 Å². The van der Waals surface area contributed by atoms with Crippen LogP contribution in [0.4, 0.5) is 9.18 Å². The van der Waals surface area contributed by atoms with Gasteiger partial charge in [-0.05, 0) is 19.0 Å². The summed E-state index contributed by atoms with van der Waals surface area (Å²) in [5.41, 5.74) is 0.593. The molecular weight excluding hydrogens is 247 g/mol. The smallest absolute Gasteiger partial charge is 0.410 e. The van der Waals surface area contributed by atoms with Gasteiger partial charge in [0, 0.05) is 12.1 Å². The van der Waals surface area contributed by atoms with Crippen LogP contribution in [0.15, 0.2) is 24.3 Å². The maximum Gasteiger partial charge on any atom is 0.410 e. The Morgan fingerprint density at radius 2 is 2.26 bits per heavy atom. The third kappa shape index (κ3) is 3.44. The highest BCUT2D eigenvalue weighted by molar-refractivity contribution is 5.69. The molecule has 1 amide bonds. The molecular formula is C14H19FN2O2. The number of hydrogen-bond acceptors (Lipinski definition) is 3. The van der Waals surface area contributed by atoms with Crippen LogP contribution in [-0.4, -0.2) is 37.2 Å². The van der Waals surface area contributed by atoms with Gasteiger partial charge in [-0.2, -0.15) is 0 Å². The quantitative estimate of drug-likeness (QED) is 0.859. The minimum atomic E-state index is -0.320. The zero-order valence-corrected chi connectivity index (χ0v) is 11.1. The average Bonchev–Trinajstić information content (AvgIpc) is 2.81. The topological polar surface area (TPSA) is 41.6 Å². The van der Waals surface area contributed by atoms with Crippen LogP contribution < -0.4 is 5.32 Å². The van der Waals surface area contributed by atoms with Crippen molar-refractivity contribution in [2.45, 2.75) is 19.4 Å². The largest absolute Gasteiger partial charge is 0.448 e. The lowest BCUT2D eigenvalue weighted by Crippen LogP contribution is -2.36. The highest BCUT2D eigenvalue weighted by Gasteiger charge is 2.26. The molecule has 0 saturated carbocycles. The SMILES string of the molecule is CCCNC(CN1CCOC1=O)c1ccccc1F. The molecule has 0 spiro atoms. The van der Waals surface area contributed by atoms with Crippen molar-refractivity contribution in [1.82, 2.24) is 10.2 Å². The summed E-state index contributed by atoms with van der Waals surface area (Å²) in [6, 6.07) is 6.47. The van der Waals surface area contributed by atoms with Gasteiger partial charge in [-0.1, -0.05) is 25.1 Å². The van der Waals surface area contributed by atoms with E-state index in [1.165, 1.54) is 6.07 Å². The second-order valence-electron chi connectivity index (χ2n) is 4.59. The van der Waals surface area contributed by atoms with Gasteiger partial charge in [0.25, 0.3) is 0 Å². The Morgan fingerprint density at radius 3 is 2.89 bits per heavy atom. The Bertz CT molecular complexity index is 439. The summed E-state index contributed by atoms with van der Waals surface area (Å²) in [7, 11) is 0. The van der Waals surface area contributed by atoms with Gasteiger partial charge in [0.1, 0.15) is 12.4 Å². The molecule has 5 heteroatoms. The Labute approximate surface area is 112 Å². The van der Waals surface area contributed by atoms with Gasteiger partial charge in [0.05, 0.1) is 12.6 Å². The van der Waals surface area contributed by atoms with E-state index in [0.29, 0.717) is 25.3 Å². The number of hydrogen-bond donors (Lipinski definition) is 1. The molecule has 1 fully saturated rings. The molecule has 1 saturated heterocycles. The average molecular weight is 266 g/mol. The van der Waals surface area contributed by atoms with Gasteiger partial charge in [0.2, 0.25) is 0 Å². The number of carbonyl (C=O) groups excluding carboxylic acids is 1. The van der Waals surface area contributed by atoms with E-state index in [2.05, 4.69) is 12.2 Å². The summed E-state index contributed by atoms with van der Waals surface area (Å²) >= 11 is 0. The van der Waals surface area contributed by atoms with Gasteiger partial charge in [0.15, 0.2) is 0 Å². The number of ether oxygens (including phenoxy) is 1. The van der Waals surface area contributed by atoms with E-state index in [0.717, 1.165) is 13.0 Å². The minimum absolute atomic E-state index is 0.202. The lowest BCUT2D eigenvalue weighted by atomic mass is 10.1. The summed E-state index contributed by atoms with van der Waals surface area (Å²) in [6.07, 6.45) is 0.634. The highest BCUT2D eigenvalue weighted by atomic mass is 19.1. The number of nitrogens with zero attached hydrogens (tertiary/aromatic N) is 1. The van der Waals surface area contributed by atoms with Crippen molar-refractivity contribution in [2.24, 2.45) is 0 Å². The van der Waals surface area contributed by atoms with E-state index in [9.17, 15) is 9.18 Å². The number of carbonyl (C=O) groups is 1. The van der Waals surface area contributed by atoms with Crippen LogP contribution >= 0.6 is 0 Å². The van der Waals surface area contributed by atoms with Gasteiger partial charge in [-0.3, -0.25) is 0 Å². The first-order valence-corrected chi connectivity index (χ1v) is 6.62. The van der Waals surface area contributed by atoms with Crippen LogP contribution in [0.5, 0.6) is 0 Å². The van der Waals surface area contributed by atoms with E-state index in [-0.39, 0.29) is 18.0 Å². The maximum absolute atomic E-state index is 13.9. The molecule has 2 rings (SSSR count). The first-order valence-electron chi connectivity index (χ1n) is 6.62. The maximum atomic E-state index is 13.9. The number of amides is 1. The third-order valence-electron chi connectivity index (χ3n) is 3.17. The zero-order chi connectivity index (χ0) is 13.7. The molecule has 1 aromatic rings. The molecule has 1 heterocycles. The lowest BCUT2D eigenvalue weighted by molar-refractivity contribution is 0.155. The molecule has 1 N–H and O–H groups in total. The first-order chi connectivity index (χ1) is 9.22. The molecule has 1 unspecified atom stereocenters. The van der Waals surface area contributed by atoms with E-state index in [1.807, 2.05) is 0 Å². The Morgan fingerprint density at radius 1 is 1.47 bits per heavy atom. The van der Waals surface area contributed by atoms with E-state index in [1.54, 1.807) is 23.1 Å². The van der Waals surface area contributed by atoms with Crippen molar-refractivity contribution in [2.75, 3.05) is 26.2 Å². The van der Waals surface area contributed by atoms with Crippen molar-refractivity contribution >= 4 is 6.09 Å². The molecule has 19 heavy (non-hydrogen) atoms. The molecule has 1 atom stereocenters. The van der Waals surface area contributed by atoms with E-state index < -0.39 is 0 Å². The molecule has 4 nitrogen and oxygen atoms in total. The Balaban J connectivity index is 2.11. The molecule has 0 aliphatic carbocycles. The normalized spacial score (nSPS) is 16.5. The second kappa shape index (κ2) is 6.52. The van der Waals surface area contributed by atoms with Crippen molar-refractivity contribution < 1.29 is 13.9 Å². The number of nitrogens with one attached hydrogen (secondary N) is 1. The summed E-state index contributed by atoms with van der Waals surface area (Å²) < 4.78 is 18.8. The summed E-state index contributed by atoms with van der Waals surface area (Å²) in [4.78, 5) is 13.1. The molecule has 1 aromatic carbocycles. The first kappa shape index (κ1) is 13.8. The molecule has 0 bridgehead atoms. The van der Waals surface area contributed by atoms with Crippen LogP contribution in [0.3, 0.4) is 0 Å². The van der Waals surface area contributed by atoms with E-state index in [4.69, 9.17) is 4.74 Å². The van der Waals surface area contributed by atoms with Gasteiger partial charge >= 0.3 is 6.09 Å². The van der Waals surface area contributed by atoms with Crippen LogP contribution in [0.25, 0.3) is 0 Å². The Hall–Kier alpha value is -1.62. The molecule has 1 aliphatic rings. The molecule has 0 aromatic heterocycles. The number of rotatable bonds is 6. The van der Waals surface area contributed by atoms with Crippen LogP contribution in [0.2, 0.25) is 0 Å². The summed E-state index contributed by atoms with van der Waals surface area (Å²) in [5, 5.41) is 3.28. The zero-order valence-electron chi connectivity index (χ0n) is 11.1. The number of halogens is 1. The van der Waals surface area contributed by atoms with Crippen LogP contribution in [0, 0.1) is 5.82 Å². The van der Waals surface area contributed by atoms with Crippen molar-refractivity contribution in [3.63, 3.8) is 0 Å². The fourth-order valence-electron chi connectivity index (χ4n) is 2.16. The number of cyclic esters (lactones) is 1. The monoisotopic (exact) mass is 266 g/mol. The van der Waals surface area contributed by atoms with Crippen LogP contribution in [0.1, 0.15) is 24.9 Å². The third-order valence-corrected chi connectivity index (χ3v) is 3.17. The fraction of sp³-hybridized carbons (Fsp3) is 0.500. The standard InChI is InChI=1S/C14H19FN2O2/c1-2-7-16-13(10-17-8-9-19-14(17)18)11-5-3-4-6-12(11)15/h3-6,13,16H,2,7-10H2,1H3. The summed E-state index contributed by atoms with van der Waals surface area (Å²) in [5.74, 6) is -0.247. The van der Waals surface area contributed by atoms with Crippen LogP contribution in [-0.2, 0) is 4.74 Å². The second-order valence-corrected chi connectivity index (χ2v) is 4.59.